The van der Waals surface area contributed by atoms with Gasteiger partial charge in [-0.3, -0.25) is 35.8 Å². The van der Waals surface area contributed by atoms with Crippen molar-refractivity contribution in [3.63, 3.8) is 0 Å². The summed E-state index contributed by atoms with van der Waals surface area (Å²) < 4.78 is 0. The molecule has 1 aromatic heterocycles. The Hall–Kier alpha value is -4.77. The van der Waals surface area contributed by atoms with Gasteiger partial charge in [0.15, 0.2) is 6.54 Å². The Kier molecular flexibility index (Phi) is 5.56. The highest BCUT2D eigenvalue weighted by Crippen LogP contribution is 2.29. The maximum absolute atomic E-state index is 11.8. The Labute approximate surface area is 157 Å². The maximum atomic E-state index is 11.8. The Morgan fingerprint density at radius 1 is 1.10 bits per heavy atom. The standard InChI is InChI=1S/C11H9N9O9/c1-6(5-15-14-10(19(26)27)11(16(15)21)20(28)29)12-13-8-3-2-7(17(22)23)4-9(8)18(24)25/h2-4,13H,5H2,1H3/b12-6+. The molecule has 0 saturated heterocycles. The minimum Gasteiger partial charge on any atom is -0.588 e. The molecule has 1 heterocycles. The summed E-state index contributed by atoms with van der Waals surface area (Å²) in [5.74, 6) is -2.65. The normalized spacial score (nSPS) is 11.1. The number of hydrazone groups is 1. The maximum Gasteiger partial charge on any atom is 0.641 e. The predicted octanol–water partition coefficient (Wildman–Crippen LogP) is 0.637. The first-order chi connectivity index (χ1) is 13.5. The third-order valence-electron chi connectivity index (χ3n) is 3.27. The number of benzene rings is 1. The molecule has 18 nitrogen and oxygen atoms in total. The van der Waals surface area contributed by atoms with Crippen LogP contribution in [0.5, 0.6) is 0 Å². The van der Waals surface area contributed by atoms with E-state index in [0.717, 1.165) is 12.1 Å². The van der Waals surface area contributed by atoms with Crippen molar-refractivity contribution in [1.82, 2.24) is 9.90 Å². The summed E-state index contributed by atoms with van der Waals surface area (Å²) in [6, 6.07) is 2.73. The van der Waals surface area contributed by atoms with E-state index >= 15 is 0 Å². The monoisotopic (exact) mass is 411 g/mol. The van der Waals surface area contributed by atoms with Crippen LogP contribution in [0.3, 0.4) is 0 Å². The highest BCUT2D eigenvalue weighted by molar-refractivity contribution is 5.82. The molecule has 2 aromatic rings. The molecule has 2 rings (SSSR count). The van der Waals surface area contributed by atoms with E-state index < -0.39 is 54.1 Å². The molecular formula is C11H9N9O9. The van der Waals surface area contributed by atoms with Gasteiger partial charge in [-0.1, -0.05) is 0 Å². The second-order valence-corrected chi connectivity index (χ2v) is 5.24. The van der Waals surface area contributed by atoms with Gasteiger partial charge >= 0.3 is 17.3 Å². The molecule has 0 aliphatic rings. The number of hydrogen-bond acceptors (Lipinski definition) is 12. The molecule has 0 aliphatic heterocycles. The van der Waals surface area contributed by atoms with Crippen molar-refractivity contribution >= 4 is 34.4 Å². The van der Waals surface area contributed by atoms with Crippen LogP contribution in [0.2, 0.25) is 0 Å². The van der Waals surface area contributed by atoms with Crippen molar-refractivity contribution < 1.29 is 24.5 Å². The smallest absolute Gasteiger partial charge is 0.588 e. The van der Waals surface area contributed by atoms with E-state index in [1.807, 2.05) is 0 Å². The van der Waals surface area contributed by atoms with Crippen LogP contribution in [0.4, 0.5) is 28.7 Å². The van der Waals surface area contributed by atoms with E-state index in [9.17, 15) is 45.7 Å². The highest BCUT2D eigenvalue weighted by Gasteiger charge is 2.44. The second kappa shape index (κ2) is 7.85. The summed E-state index contributed by atoms with van der Waals surface area (Å²) in [7, 11) is 0. The molecule has 29 heavy (non-hydrogen) atoms. The Morgan fingerprint density at radius 2 is 1.76 bits per heavy atom. The summed E-state index contributed by atoms with van der Waals surface area (Å²) >= 11 is 0. The van der Waals surface area contributed by atoms with Gasteiger partial charge in [0.05, 0.1) is 26.4 Å². The zero-order valence-electron chi connectivity index (χ0n) is 14.2. The first kappa shape index (κ1) is 20.5. The molecule has 0 aliphatic carbocycles. The molecular weight excluding hydrogens is 402 g/mol. The molecule has 0 atom stereocenters. The number of nitrogens with one attached hydrogen (secondary N) is 1. The second-order valence-electron chi connectivity index (χ2n) is 5.24. The average Bonchev–Trinajstić information content (AvgIpc) is 2.96. The van der Waals surface area contributed by atoms with Crippen molar-refractivity contribution in [3.8, 4) is 0 Å². The van der Waals surface area contributed by atoms with E-state index in [0.29, 0.717) is 10.9 Å². The summed E-state index contributed by atoms with van der Waals surface area (Å²) in [4.78, 5) is 39.1. The van der Waals surface area contributed by atoms with Crippen molar-refractivity contribution in [2.24, 2.45) is 5.10 Å². The van der Waals surface area contributed by atoms with Gasteiger partial charge in [-0.2, -0.15) is 5.10 Å². The Bertz CT molecular complexity index is 1060. The van der Waals surface area contributed by atoms with Gasteiger partial charge in [-0.05, 0) is 17.9 Å². The molecule has 1 N–H and O–H groups in total. The number of non-ortho nitro benzene ring substituents is 1. The topological polar surface area (TPSA) is 242 Å². The van der Waals surface area contributed by atoms with E-state index in [4.69, 9.17) is 0 Å². The molecule has 0 unspecified atom stereocenters. The number of hydrogen-bond donors (Lipinski definition) is 1. The van der Waals surface area contributed by atoms with E-state index in [1.165, 1.54) is 6.92 Å². The van der Waals surface area contributed by atoms with Gasteiger partial charge < -0.3 is 15.3 Å². The first-order valence-corrected chi connectivity index (χ1v) is 7.24. The minimum absolute atomic E-state index is 0.00505. The third kappa shape index (κ3) is 4.32. The SMILES string of the molecule is C/C(Cn1nc([N+](=O)[O-])c([N+](=O)[O-])[n+]1[O-])=N\Nc1ccc([N+](=O)[O-])cc1[N+](=O)[O-]. The van der Waals surface area contributed by atoms with E-state index in [2.05, 4.69) is 15.6 Å². The number of aromatic nitrogens is 3. The summed E-state index contributed by atoms with van der Waals surface area (Å²) in [6.45, 7) is 0.759. The largest absolute Gasteiger partial charge is 0.641 e. The lowest BCUT2D eigenvalue weighted by molar-refractivity contribution is -0.736. The van der Waals surface area contributed by atoms with Crippen LogP contribution >= 0.6 is 0 Å². The number of nitro groups is 4. The lowest BCUT2D eigenvalue weighted by Gasteiger charge is -2.03. The summed E-state index contributed by atoms with van der Waals surface area (Å²) in [6.07, 6.45) is 0. The third-order valence-corrected chi connectivity index (χ3v) is 3.27. The fraction of sp³-hybridized carbons (Fsp3) is 0.182. The number of rotatable bonds is 8. The average molecular weight is 411 g/mol. The number of nitro benzene ring substituents is 2. The highest BCUT2D eigenvalue weighted by atomic mass is 16.7. The molecule has 1 aromatic carbocycles. The fourth-order valence-corrected chi connectivity index (χ4v) is 2.03. The first-order valence-electron chi connectivity index (χ1n) is 7.24. The van der Waals surface area contributed by atoms with Crippen LogP contribution in [0, 0.1) is 45.7 Å². The molecule has 0 saturated carbocycles. The van der Waals surface area contributed by atoms with Crippen LogP contribution < -0.4 is 10.3 Å². The van der Waals surface area contributed by atoms with Gasteiger partial charge in [0.1, 0.15) is 15.7 Å². The fourth-order valence-electron chi connectivity index (χ4n) is 2.03. The van der Waals surface area contributed by atoms with Crippen molar-refractivity contribution in [3.05, 3.63) is 63.9 Å². The van der Waals surface area contributed by atoms with E-state index in [1.54, 1.807) is 0 Å². The molecule has 0 fully saturated rings. The molecule has 152 valence electrons. The zero-order chi connectivity index (χ0) is 21.9. The van der Waals surface area contributed by atoms with Crippen molar-refractivity contribution in [2.45, 2.75) is 13.5 Å². The number of nitrogens with zero attached hydrogens (tertiary/aromatic N) is 8. The Balaban J connectivity index is 2.29. The molecule has 18 heteroatoms. The quantitative estimate of drug-likeness (QED) is 0.207. The molecule has 0 bridgehead atoms. The van der Waals surface area contributed by atoms with Crippen LogP contribution in [-0.2, 0) is 6.54 Å². The van der Waals surface area contributed by atoms with Crippen LogP contribution in [0.1, 0.15) is 6.92 Å². The van der Waals surface area contributed by atoms with Gasteiger partial charge in [0, 0.05) is 10.9 Å². The molecule has 0 amide bonds. The minimum atomic E-state index is -1.39. The van der Waals surface area contributed by atoms with Gasteiger partial charge in [0.25, 0.3) is 5.69 Å². The van der Waals surface area contributed by atoms with Gasteiger partial charge in [-0.25, -0.2) is 0 Å². The van der Waals surface area contributed by atoms with Gasteiger partial charge in [0.2, 0.25) is 0 Å². The summed E-state index contributed by atoms with van der Waals surface area (Å²) in [5.41, 5.74) is 0.876. The van der Waals surface area contributed by atoms with Crippen molar-refractivity contribution in [2.75, 3.05) is 5.43 Å². The summed E-state index contributed by atoms with van der Waals surface area (Å²) in [5, 5.41) is 62.1. The van der Waals surface area contributed by atoms with Crippen LogP contribution in [0.25, 0.3) is 0 Å². The molecule has 0 spiro atoms. The van der Waals surface area contributed by atoms with Crippen LogP contribution in [0.15, 0.2) is 23.3 Å². The van der Waals surface area contributed by atoms with Crippen molar-refractivity contribution in [1.29, 1.82) is 0 Å². The van der Waals surface area contributed by atoms with Gasteiger partial charge in [-0.15, -0.1) is 0 Å². The predicted molar refractivity (Wildman–Crippen MR) is 91.0 cm³/mol. The zero-order valence-corrected chi connectivity index (χ0v) is 14.2. The lowest BCUT2D eigenvalue weighted by atomic mass is 10.2. The number of anilines is 1. The molecule has 0 radical (unpaired) electrons. The van der Waals surface area contributed by atoms with E-state index in [-0.39, 0.29) is 11.4 Å². The lowest BCUT2D eigenvalue weighted by Crippen LogP contribution is -2.41. The van der Waals surface area contributed by atoms with Crippen LogP contribution in [-0.4, -0.2) is 35.3 Å². The Morgan fingerprint density at radius 3 is 2.24 bits per heavy atom.